The first-order valence-electron chi connectivity index (χ1n) is 11.3. The van der Waals surface area contributed by atoms with Gasteiger partial charge in [0.1, 0.15) is 28.8 Å². The Balaban J connectivity index is 2.12. The van der Waals surface area contributed by atoms with Crippen LogP contribution in [0.1, 0.15) is 20.8 Å². The van der Waals surface area contributed by atoms with Crippen LogP contribution in [-0.4, -0.2) is 5.64 Å². The van der Waals surface area contributed by atoms with Gasteiger partial charge in [0, 0.05) is 6.42 Å². The minimum Gasteiger partial charge on any atom is -0.0765 e. The number of allylic oxidation sites excluding steroid dienone is 2. The molecule has 0 saturated heterocycles. The highest BCUT2D eigenvalue weighted by Gasteiger charge is 2.51. The maximum absolute atomic E-state index is 10.3. The Morgan fingerprint density at radius 3 is 1.35 bits per heavy atom. The molecule has 1 heteroatoms. The Labute approximate surface area is 189 Å². The van der Waals surface area contributed by atoms with Crippen molar-refractivity contribution >= 4 is 23.2 Å². The lowest BCUT2D eigenvalue weighted by Crippen LogP contribution is -2.39. The zero-order valence-electron chi connectivity index (χ0n) is 19.3. The van der Waals surface area contributed by atoms with E-state index in [0.29, 0.717) is 6.42 Å². The van der Waals surface area contributed by atoms with E-state index in [4.69, 9.17) is 0 Å². The summed E-state index contributed by atoms with van der Waals surface area (Å²) >= 11 is 0. The van der Waals surface area contributed by atoms with Crippen LogP contribution in [0.4, 0.5) is 0 Å². The summed E-state index contributed by atoms with van der Waals surface area (Å²) in [5.41, 5.74) is 1.51. The fraction of sp³-hybridized carbons (Fsp3) is 0.133. The van der Waals surface area contributed by atoms with Crippen LogP contribution in [0.25, 0.3) is 0 Å². The molecule has 0 aliphatic heterocycles. The van der Waals surface area contributed by atoms with Gasteiger partial charge in [0.15, 0.2) is 0 Å². The molecule has 154 valence electrons. The third kappa shape index (κ3) is 4.55. The molecule has 1 atom stereocenters. The molecular formula is C30H30P+. The van der Waals surface area contributed by atoms with Crippen molar-refractivity contribution in [1.82, 2.24) is 0 Å². The van der Waals surface area contributed by atoms with Gasteiger partial charge in [-0.3, -0.25) is 0 Å². The molecule has 4 aromatic carbocycles. The molecule has 0 heterocycles. The maximum atomic E-state index is 10.3. The van der Waals surface area contributed by atoms with Crippen molar-refractivity contribution in [3.05, 3.63) is 139 Å². The zero-order valence-corrected chi connectivity index (χ0v) is 19.2. The lowest BCUT2D eigenvalue weighted by atomic mass is 10.1. The van der Waals surface area contributed by atoms with E-state index in [1.807, 2.05) is 6.07 Å². The smallest absolute Gasteiger partial charge is 0.0765 e. The summed E-state index contributed by atoms with van der Waals surface area (Å²) in [6, 6.07) is 42.7. The van der Waals surface area contributed by atoms with Crippen molar-refractivity contribution in [2.75, 3.05) is 0 Å². The summed E-state index contributed by atoms with van der Waals surface area (Å²) in [5.74, 6) is 0. The SMILES string of the molecule is [2H]C(C=C(C)C)(Cc1ccccc1)[P+](c1ccccc1)(c1ccccc1)c1ccccc1. The number of benzene rings is 4. The molecule has 0 radical (unpaired) electrons. The number of hydrogen-bond acceptors (Lipinski definition) is 0. The average molecular weight is 423 g/mol. The second-order valence-corrected chi connectivity index (χ2v) is 11.5. The first kappa shape index (κ1) is 20.0. The summed E-state index contributed by atoms with van der Waals surface area (Å²) in [6.45, 7) is 4.23. The van der Waals surface area contributed by atoms with E-state index in [2.05, 4.69) is 135 Å². The minimum atomic E-state index is -2.40. The Bertz CT molecular complexity index is 1050. The summed E-state index contributed by atoms with van der Waals surface area (Å²) in [6.07, 6.45) is 2.85. The Morgan fingerprint density at radius 2 is 1.00 bits per heavy atom. The lowest BCUT2D eigenvalue weighted by Gasteiger charge is -2.34. The molecule has 4 rings (SSSR count). The van der Waals surface area contributed by atoms with Gasteiger partial charge in [-0.05, 0) is 61.9 Å². The fourth-order valence-corrected chi connectivity index (χ4v) is 8.92. The van der Waals surface area contributed by atoms with E-state index in [1.54, 1.807) is 0 Å². The van der Waals surface area contributed by atoms with Crippen LogP contribution in [0.2, 0.25) is 0 Å². The molecule has 0 amide bonds. The minimum absolute atomic E-state index is 0.644. The summed E-state index contributed by atoms with van der Waals surface area (Å²) < 4.78 is 10.3. The van der Waals surface area contributed by atoms with Crippen LogP contribution in [0.15, 0.2) is 133 Å². The van der Waals surface area contributed by atoms with Gasteiger partial charge in [0.25, 0.3) is 0 Å². The summed E-state index contributed by atoms with van der Waals surface area (Å²) in [7, 11) is -2.40. The Kier molecular flexibility index (Phi) is 6.38. The predicted octanol–water partition coefficient (Wildman–Crippen LogP) is 6.56. The highest BCUT2D eigenvalue weighted by molar-refractivity contribution is 7.96. The predicted molar refractivity (Wildman–Crippen MR) is 139 cm³/mol. The van der Waals surface area contributed by atoms with Gasteiger partial charge in [0.2, 0.25) is 0 Å². The van der Waals surface area contributed by atoms with Gasteiger partial charge in [-0.1, -0.05) is 90.5 Å². The van der Waals surface area contributed by atoms with Crippen molar-refractivity contribution in [3.63, 3.8) is 0 Å². The summed E-state index contributed by atoms with van der Waals surface area (Å²) in [5, 5.41) is 3.71. The molecule has 31 heavy (non-hydrogen) atoms. The number of rotatable bonds is 7. The van der Waals surface area contributed by atoms with E-state index < -0.39 is 12.9 Å². The first-order valence-corrected chi connectivity index (χ1v) is 12.6. The Hall–Kier alpha value is -2.95. The van der Waals surface area contributed by atoms with E-state index in [9.17, 15) is 1.37 Å². The summed E-state index contributed by atoms with van der Waals surface area (Å²) in [4.78, 5) is 0. The molecule has 0 aromatic heterocycles. The molecule has 0 spiro atoms. The van der Waals surface area contributed by atoms with Gasteiger partial charge < -0.3 is 0 Å². The largest absolute Gasteiger partial charge is 0.119 e. The van der Waals surface area contributed by atoms with Crippen LogP contribution < -0.4 is 15.9 Å². The second kappa shape index (κ2) is 9.90. The van der Waals surface area contributed by atoms with E-state index in [-0.39, 0.29) is 0 Å². The van der Waals surface area contributed by atoms with Gasteiger partial charge in [-0.15, -0.1) is 0 Å². The average Bonchev–Trinajstić information content (AvgIpc) is 2.82. The van der Waals surface area contributed by atoms with Crippen LogP contribution in [-0.2, 0) is 6.42 Å². The van der Waals surface area contributed by atoms with Gasteiger partial charge in [0.05, 0.1) is 1.37 Å². The van der Waals surface area contributed by atoms with Crippen molar-refractivity contribution in [2.45, 2.75) is 25.9 Å². The van der Waals surface area contributed by atoms with Gasteiger partial charge in [-0.25, -0.2) is 0 Å². The van der Waals surface area contributed by atoms with E-state index in [1.165, 1.54) is 27.1 Å². The van der Waals surface area contributed by atoms with Crippen LogP contribution in [0.3, 0.4) is 0 Å². The van der Waals surface area contributed by atoms with E-state index in [0.717, 1.165) is 0 Å². The lowest BCUT2D eigenvalue weighted by molar-refractivity contribution is 0.993. The highest BCUT2D eigenvalue weighted by atomic mass is 31.2. The topological polar surface area (TPSA) is 0 Å². The second-order valence-electron chi connectivity index (χ2n) is 8.05. The Morgan fingerprint density at radius 1 is 0.645 bits per heavy atom. The van der Waals surface area contributed by atoms with Crippen LogP contribution in [0.5, 0.6) is 0 Å². The molecule has 1 unspecified atom stereocenters. The van der Waals surface area contributed by atoms with Crippen molar-refractivity contribution in [1.29, 1.82) is 0 Å². The fourth-order valence-electron chi connectivity index (χ4n) is 4.30. The molecule has 0 fully saturated rings. The monoisotopic (exact) mass is 422 g/mol. The standard InChI is InChI=1S/C30H30P/c1-25(2)23-30(24-26-15-7-3-8-16-26)31(27-17-9-4-10-18-27,28-19-11-5-12-20-28)29-21-13-6-14-22-29/h3-23,30H,24H2,1-2H3/q+1/i30D. The molecule has 0 N–H and O–H groups in total. The molecule has 0 aliphatic carbocycles. The molecule has 0 bridgehead atoms. The highest BCUT2D eigenvalue weighted by Crippen LogP contribution is 2.61. The van der Waals surface area contributed by atoms with Crippen molar-refractivity contribution in [3.8, 4) is 0 Å². The molecular weight excluding hydrogens is 391 g/mol. The van der Waals surface area contributed by atoms with Crippen molar-refractivity contribution in [2.24, 2.45) is 0 Å². The van der Waals surface area contributed by atoms with Gasteiger partial charge >= 0.3 is 0 Å². The first-order chi connectivity index (χ1) is 15.6. The number of hydrogen-bond donors (Lipinski definition) is 0. The quantitative estimate of drug-likeness (QED) is 0.234. The van der Waals surface area contributed by atoms with Crippen molar-refractivity contribution < 1.29 is 1.37 Å². The van der Waals surface area contributed by atoms with E-state index >= 15 is 0 Å². The van der Waals surface area contributed by atoms with Crippen LogP contribution >= 0.6 is 7.26 Å². The molecule has 4 aromatic rings. The maximum Gasteiger partial charge on any atom is 0.119 e. The molecule has 0 nitrogen and oxygen atoms in total. The zero-order chi connectivity index (χ0) is 22.4. The van der Waals surface area contributed by atoms with Crippen LogP contribution in [0, 0.1) is 0 Å². The molecule has 0 aliphatic rings. The third-order valence-electron chi connectivity index (χ3n) is 5.54. The van der Waals surface area contributed by atoms with Gasteiger partial charge in [-0.2, -0.15) is 0 Å². The normalized spacial score (nSPS) is 13.7. The molecule has 0 saturated carbocycles. The third-order valence-corrected chi connectivity index (χ3v) is 9.91.